The lowest BCUT2D eigenvalue weighted by Gasteiger charge is -2.43. The number of thiazole rings is 1. The van der Waals surface area contributed by atoms with Crippen LogP contribution in [0.4, 0.5) is 0 Å². The number of rotatable bonds is 5. The summed E-state index contributed by atoms with van der Waals surface area (Å²) in [6.07, 6.45) is 7.80. The molecule has 3 heteroatoms. The summed E-state index contributed by atoms with van der Waals surface area (Å²) in [5.41, 5.74) is 1.34. The lowest BCUT2D eigenvalue weighted by molar-refractivity contribution is 0.135. The molecule has 1 aromatic heterocycles. The summed E-state index contributed by atoms with van der Waals surface area (Å²) in [5, 5.41) is 7.40. The first-order valence-electron chi connectivity index (χ1n) is 7.40. The van der Waals surface area contributed by atoms with Gasteiger partial charge < -0.3 is 5.32 Å². The number of nitrogens with zero attached hydrogens (tertiary/aromatic N) is 1. The van der Waals surface area contributed by atoms with Crippen LogP contribution in [0.25, 0.3) is 0 Å². The molecule has 0 amide bonds. The first kappa shape index (κ1) is 14.0. The quantitative estimate of drug-likeness (QED) is 0.862. The molecular weight excluding hydrogens is 240 g/mol. The molecule has 1 N–H and O–H groups in total. The van der Waals surface area contributed by atoms with Gasteiger partial charge in [-0.25, -0.2) is 4.98 Å². The van der Waals surface area contributed by atoms with E-state index < -0.39 is 0 Å². The van der Waals surface area contributed by atoms with Crippen LogP contribution in [0, 0.1) is 12.8 Å². The molecule has 1 saturated carbocycles. The van der Waals surface area contributed by atoms with Crippen molar-refractivity contribution in [3.05, 3.63) is 16.1 Å². The normalized spacial score (nSPS) is 28.5. The van der Waals surface area contributed by atoms with Crippen LogP contribution in [0.1, 0.15) is 63.1 Å². The van der Waals surface area contributed by atoms with Crippen LogP contribution in [0.3, 0.4) is 0 Å². The maximum atomic E-state index is 4.81. The van der Waals surface area contributed by atoms with Crippen molar-refractivity contribution in [1.82, 2.24) is 10.3 Å². The van der Waals surface area contributed by atoms with Crippen LogP contribution in [0.15, 0.2) is 5.38 Å². The Morgan fingerprint density at radius 2 is 2.28 bits per heavy atom. The van der Waals surface area contributed by atoms with Crippen molar-refractivity contribution in [1.29, 1.82) is 0 Å². The molecule has 1 heterocycles. The molecule has 0 aliphatic heterocycles. The predicted molar refractivity (Wildman–Crippen MR) is 79.1 cm³/mol. The van der Waals surface area contributed by atoms with Gasteiger partial charge in [0.25, 0.3) is 0 Å². The molecule has 1 aliphatic rings. The topological polar surface area (TPSA) is 24.9 Å². The van der Waals surface area contributed by atoms with Crippen molar-refractivity contribution in [2.75, 3.05) is 6.54 Å². The molecule has 1 aliphatic carbocycles. The second-order valence-electron chi connectivity index (χ2n) is 5.54. The molecule has 102 valence electrons. The summed E-state index contributed by atoms with van der Waals surface area (Å²) in [5.74, 6) is 0.753. The number of hydrogen-bond donors (Lipinski definition) is 1. The van der Waals surface area contributed by atoms with Gasteiger partial charge in [-0.1, -0.05) is 33.1 Å². The molecule has 2 atom stereocenters. The third kappa shape index (κ3) is 2.62. The fourth-order valence-corrected chi connectivity index (χ4v) is 4.38. The highest BCUT2D eigenvalue weighted by Gasteiger charge is 2.42. The number of aryl methyl sites for hydroxylation is 1. The highest BCUT2D eigenvalue weighted by atomic mass is 32.1. The highest BCUT2D eigenvalue weighted by molar-refractivity contribution is 7.09. The van der Waals surface area contributed by atoms with Crippen LogP contribution in [-0.2, 0) is 5.54 Å². The van der Waals surface area contributed by atoms with Gasteiger partial charge >= 0.3 is 0 Å². The Labute approximate surface area is 115 Å². The van der Waals surface area contributed by atoms with Gasteiger partial charge in [0.05, 0.1) is 5.54 Å². The average Bonchev–Trinajstić information content (AvgIpc) is 2.83. The number of hydrogen-bond acceptors (Lipinski definition) is 3. The van der Waals surface area contributed by atoms with Crippen LogP contribution in [-0.4, -0.2) is 11.5 Å². The molecule has 1 aromatic rings. The fourth-order valence-electron chi connectivity index (χ4n) is 3.29. The molecule has 0 aromatic carbocycles. The maximum Gasteiger partial charge on any atom is 0.113 e. The van der Waals surface area contributed by atoms with E-state index in [2.05, 4.69) is 31.5 Å². The van der Waals surface area contributed by atoms with E-state index in [1.54, 1.807) is 0 Å². The highest BCUT2D eigenvalue weighted by Crippen LogP contribution is 2.44. The Morgan fingerprint density at radius 3 is 2.89 bits per heavy atom. The number of nitrogens with one attached hydrogen (secondary N) is 1. The van der Waals surface area contributed by atoms with Crippen LogP contribution in [0.5, 0.6) is 0 Å². The van der Waals surface area contributed by atoms with E-state index in [4.69, 9.17) is 4.98 Å². The van der Waals surface area contributed by atoms with Gasteiger partial charge in [-0.3, -0.25) is 0 Å². The minimum atomic E-state index is 0.169. The molecule has 2 rings (SSSR count). The van der Waals surface area contributed by atoms with E-state index in [1.165, 1.54) is 49.2 Å². The van der Waals surface area contributed by atoms with Gasteiger partial charge in [-0.05, 0) is 38.6 Å². The smallest absolute Gasteiger partial charge is 0.113 e. The zero-order chi connectivity index (χ0) is 13.0. The number of aromatic nitrogens is 1. The van der Waals surface area contributed by atoms with E-state index in [0.29, 0.717) is 0 Å². The van der Waals surface area contributed by atoms with Crippen molar-refractivity contribution >= 4 is 11.3 Å². The zero-order valence-corrected chi connectivity index (χ0v) is 12.8. The van der Waals surface area contributed by atoms with E-state index in [9.17, 15) is 0 Å². The van der Waals surface area contributed by atoms with E-state index in [-0.39, 0.29) is 5.54 Å². The minimum absolute atomic E-state index is 0.169. The monoisotopic (exact) mass is 266 g/mol. The van der Waals surface area contributed by atoms with Crippen molar-refractivity contribution in [3.63, 3.8) is 0 Å². The van der Waals surface area contributed by atoms with Crippen molar-refractivity contribution in [3.8, 4) is 0 Å². The largest absolute Gasteiger partial charge is 0.305 e. The lowest BCUT2D eigenvalue weighted by Crippen LogP contribution is -2.50. The first-order chi connectivity index (χ1) is 8.73. The Bertz CT molecular complexity index is 374. The van der Waals surface area contributed by atoms with Gasteiger partial charge in [0.1, 0.15) is 5.01 Å². The molecule has 1 fully saturated rings. The van der Waals surface area contributed by atoms with Crippen LogP contribution >= 0.6 is 11.3 Å². The molecule has 18 heavy (non-hydrogen) atoms. The summed E-state index contributed by atoms with van der Waals surface area (Å²) < 4.78 is 0. The molecule has 2 nitrogen and oxygen atoms in total. The molecule has 2 unspecified atom stereocenters. The summed E-state index contributed by atoms with van der Waals surface area (Å²) in [4.78, 5) is 4.81. The third-order valence-electron chi connectivity index (χ3n) is 4.25. The molecule has 0 bridgehead atoms. The van der Waals surface area contributed by atoms with Crippen molar-refractivity contribution in [2.45, 2.75) is 64.8 Å². The summed E-state index contributed by atoms with van der Waals surface area (Å²) in [6.45, 7) is 7.79. The van der Waals surface area contributed by atoms with Crippen molar-refractivity contribution < 1.29 is 0 Å². The van der Waals surface area contributed by atoms with E-state index in [1.807, 2.05) is 11.3 Å². The summed E-state index contributed by atoms with van der Waals surface area (Å²) in [6, 6.07) is 0. The molecule has 0 saturated heterocycles. The lowest BCUT2D eigenvalue weighted by atomic mass is 9.71. The second kappa shape index (κ2) is 6.16. The third-order valence-corrected chi connectivity index (χ3v) is 5.39. The standard InChI is InChI=1S/C15H26N2S/c1-4-10-16-15(14-17-12(3)11-18-14)9-7-6-8-13(15)5-2/h11,13,16H,4-10H2,1-3H3. The Balaban J connectivity index is 2.31. The SMILES string of the molecule is CCCNC1(c2nc(C)cs2)CCCCC1CC. The molecule has 0 spiro atoms. The summed E-state index contributed by atoms with van der Waals surface area (Å²) >= 11 is 1.85. The van der Waals surface area contributed by atoms with Crippen LogP contribution < -0.4 is 5.32 Å². The Hall–Kier alpha value is -0.410. The van der Waals surface area contributed by atoms with Gasteiger partial charge in [-0.2, -0.15) is 0 Å². The fraction of sp³-hybridized carbons (Fsp3) is 0.800. The van der Waals surface area contributed by atoms with Gasteiger partial charge in [0.2, 0.25) is 0 Å². The van der Waals surface area contributed by atoms with E-state index >= 15 is 0 Å². The minimum Gasteiger partial charge on any atom is -0.305 e. The van der Waals surface area contributed by atoms with E-state index in [0.717, 1.165) is 12.5 Å². The van der Waals surface area contributed by atoms with Gasteiger partial charge in [0, 0.05) is 11.1 Å². The second-order valence-corrected chi connectivity index (χ2v) is 6.40. The molecule has 0 radical (unpaired) electrons. The van der Waals surface area contributed by atoms with Gasteiger partial charge in [0.15, 0.2) is 0 Å². The van der Waals surface area contributed by atoms with Gasteiger partial charge in [-0.15, -0.1) is 11.3 Å². The first-order valence-corrected chi connectivity index (χ1v) is 8.28. The summed E-state index contributed by atoms with van der Waals surface area (Å²) in [7, 11) is 0. The molecular formula is C15H26N2S. The maximum absolute atomic E-state index is 4.81. The zero-order valence-electron chi connectivity index (χ0n) is 12.0. The van der Waals surface area contributed by atoms with Crippen molar-refractivity contribution in [2.24, 2.45) is 5.92 Å². The predicted octanol–water partition coefficient (Wildman–Crippen LogP) is 4.25. The Morgan fingerprint density at radius 1 is 1.44 bits per heavy atom. The average molecular weight is 266 g/mol. The van der Waals surface area contributed by atoms with Crippen LogP contribution in [0.2, 0.25) is 0 Å². The Kier molecular flexibility index (Phi) is 4.79.